The number of aliphatic hydroxyl groups is 1. The number of nitrogens with zero attached hydrogens (tertiary/aromatic N) is 2. The molecular formula is C26H35BrN4O4S. The van der Waals surface area contributed by atoms with Crippen LogP contribution in [0, 0.1) is 12.3 Å². The normalized spacial score (nSPS) is 20.5. The van der Waals surface area contributed by atoms with E-state index in [1.807, 2.05) is 64.4 Å². The first-order valence-corrected chi connectivity index (χ1v) is 13.8. The molecule has 1 saturated heterocycles. The number of carbonyl (C=O) groups is 3. The van der Waals surface area contributed by atoms with Crippen LogP contribution in [0.1, 0.15) is 58.3 Å². The molecule has 0 saturated carbocycles. The van der Waals surface area contributed by atoms with E-state index in [-0.39, 0.29) is 36.7 Å². The van der Waals surface area contributed by atoms with Crippen molar-refractivity contribution in [2.75, 3.05) is 6.54 Å². The first kappa shape index (κ1) is 28.3. The maximum absolute atomic E-state index is 13.5. The molecule has 36 heavy (non-hydrogen) atoms. The highest BCUT2D eigenvalue weighted by atomic mass is 79.9. The van der Waals surface area contributed by atoms with Crippen molar-refractivity contribution in [3.05, 3.63) is 41.0 Å². The zero-order chi connectivity index (χ0) is 26.8. The van der Waals surface area contributed by atoms with E-state index in [2.05, 4.69) is 31.5 Å². The van der Waals surface area contributed by atoms with Crippen LogP contribution >= 0.6 is 27.3 Å². The first-order valence-electron chi connectivity index (χ1n) is 12.0. The van der Waals surface area contributed by atoms with Crippen LogP contribution < -0.4 is 10.6 Å². The summed E-state index contributed by atoms with van der Waals surface area (Å²) in [6.07, 6.45) is -0.665. The lowest BCUT2D eigenvalue weighted by Gasteiger charge is -2.35. The number of amides is 3. The average Bonchev–Trinajstić information content (AvgIpc) is 3.41. The number of rotatable bonds is 7. The van der Waals surface area contributed by atoms with E-state index in [0.29, 0.717) is 0 Å². The Balaban J connectivity index is 1.73. The summed E-state index contributed by atoms with van der Waals surface area (Å²) in [5.41, 5.74) is 4.21. The van der Waals surface area contributed by atoms with Crippen LogP contribution in [-0.4, -0.2) is 62.3 Å². The second-order valence-electron chi connectivity index (χ2n) is 10.4. The zero-order valence-corrected chi connectivity index (χ0v) is 23.9. The summed E-state index contributed by atoms with van der Waals surface area (Å²) in [4.78, 5) is 45.5. The number of benzene rings is 1. The van der Waals surface area contributed by atoms with Crippen LogP contribution in [0.5, 0.6) is 0 Å². The molecule has 0 aliphatic carbocycles. The number of β-amino-alcohol motifs (C(OH)–C–C–N with tert-alkyl or cyclic N) is 1. The number of thiazole rings is 1. The van der Waals surface area contributed by atoms with Crippen molar-refractivity contribution in [2.45, 2.75) is 77.0 Å². The number of aryl methyl sites for hydroxylation is 1. The summed E-state index contributed by atoms with van der Waals surface area (Å²) in [5.74, 6) is -1.02. The molecule has 10 heteroatoms. The Morgan fingerprint density at radius 3 is 2.33 bits per heavy atom. The highest BCUT2D eigenvalue weighted by Crippen LogP contribution is 2.29. The molecule has 1 aromatic carbocycles. The van der Waals surface area contributed by atoms with Gasteiger partial charge in [-0.3, -0.25) is 14.4 Å². The standard InChI is InChI=1S/C26H35BrN4O4S/c1-14(27)23(33)30-22(26(4,5)6)25(35)31-12-19(32)11-20(31)24(34)29-15(2)17-7-9-18(10-8-17)21-16(3)28-13-36-21/h7-10,13-15,19-20,22,32H,11-12H2,1-6H3,(H,29,34)(H,30,33)/t14-,15+,19-,20+,22-/m1/s1. The Bertz CT molecular complexity index is 1100. The van der Waals surface area contributed by atoms with Crippen molar-refractivity contribution in [2.24, 2.45) is 5.41 Å². The van der Waals surface area contributed by atoms with Crippen LogP contribution in [0.15, 0.2) is 29.8 Å². The minimum absolute atomic E-state index is 0.0422. The van der Waals surface area contributed by atoms with Crippen LogP contribution in [0.25, 0.3) is 10.4 Å². The van der Waals surface area contributed by atoms with Gasteiger partial charge in [-0.2, -0.15) is 0 Å². The predicted octanol–water partition coefficient (Wildman–Crippen LogP) is 3.57. The second-order valence-corrected chi connectivity index (χ2v) is 12.7. The molecule has 3 rings (SSSR count). The summed E-state index contributed by atoms with van der Waals surface area (Å²) in [5, 5.41) is 16.1. The van der Waals surface area contributed by atoms with Crippen molar-refractivity contribution in [3.8, 4) is 10.4 Å². The Kier molecular flexibility index (Phi) is 8.95. The summed E-state index contributed by atoms with van der Waals surface area (Å²) in [7, 11) is 0. The van der Waals surface area contributed by atoms with Gasteiger partial charge in [-0.15, -0.1) is 11.3 Å². The van der Waals surface area contributed by atoms with Gasteiger partial charge in [0.2, 0.25) is 17.7 Å². The van der Waals surface area contributed by atoms with Crippen molar-refractivity contribution in [1.82, 2.24) is 20.5 Å². The molecular weight excluding hydrogens is 544 g/mol. The van der Waals surface area contributed by atoms with Gasteiger partial charge in [-0.1, -0.05) is 61.0 Å². The highest BCUT2D eigenvalue weighted by molar-refractivity contribution is 9.10. The van der Waals surface area contributed by atoms with Gasteiger partial charge in [0.25, 0.3) is 0 Å². The summed E-state index contributed by atoms with van der Waals surface area (Å²) in [6, 6.07) is 6.00. The van der Waals surface area contributed by atoms with E-state index in [4.69, 9.17) is 0 Å². The molecule has 1 aromatic heterocycles. The van der Waals surface area contributed by atoms with Gasteiger partial charge in [0, 0.05) is 13.0 Å². The molecule has 8 nitrogen and oxygen atoms in total. The van der Waals surface area contributed by atoms with E-state index in [0.717, 1.165) is 21.7 Å². The summed E-state index contributed by atoms with van der Waals surface area (Å²) < 4.78 is 0. The molecule has 5 atom stereocenters. The molecule has 1 aliphatic heterocycles. The average molecular weight is 580 g/mol. The molecule has 1 fully saturated rings. The van der Waals surface area contributed by atoms with Gasteiger partial charge >= 0.3 is 0 Å². The fourth-order valence-corrected chi connectivity index (χ4v) is 5.22. The van der Waals surface area contributed by atoms with Crippen LogP contribution in [-0.2, 0) is 14.4 Å². The molecule has 2 aromatic rings. The van der Waals surface area contributed by atoms with E-state index in [9.17, 15) is 19.5 Å². The Morgan fingerprint density at radius 1 is 1.17 bits per heavy atom. The monoisotopic (exact) mass is 578 g/mol. The smallest absolute Gasteiger partial charge is 0.246 e. The van der Waals surface area contributed by atoms with Gasteiger partial charge in [0.1, 0.15) is 12.1 Å². The fraction of sp³-hybridized carbons (Fsp3) is 0.538. The molecule has 1 aliphatic rings. The summed E-state index contributed by atoms with van der Waals surface area (Å²) >= 11 is 4.82. The Hall–Kier alpha value is -2.30. The number of nitrogens with one attached hydrogen (secondary N) is 2. The minimum Gasteiger partial charge on any atom is -0.391 e. The number of likely N-dealkylation sites (tertiary alicyclic amines) is 1. The van der Waals surface area contributed by atoms with Crippen LogP contribution in [0.2, 0.25) is 0 Å². The SMILES string of the molecule is Cc1ncsc1-c1ccc([C@H](C)NC(=O)[C@@H]2C[C@@H](O)CN2C(=O)[C@@H](NC(=O)[C@@H](C)Br)C(C)(C)C)cc1. The third kappa shape index (κ3) is 6.52. The van der Waals surface area contributed by atoms with E-state index >= 15 is 0 Å². The van der Waals surface area contributed by atoms with E-state index in [1.54, 1.807) is 18.3 Å². The fourth-order valence-electron chi connectivity index (χ4n) is 4.27. The van der Waals surface area contributed by atoms with Crippen LogP contribution in [0.4, 0.5) is 0 Å². The number of hydrogen-bond acceptors (Lipinski definition) is 6. The number of hydrogen-bond donors (Lipinski definition) is 3. The molecule has 3 amide bonds. The molecule has 0 bridgehead atoms. The molecule has 3 N–H and O–H groups in total. The lowest BCUT2D eigenvalue weighted by molar-refractivity contribution is -0.144. The van der Waals surface area contributed by atoms with E-state index in [1.165, 1.54) is 4.90 Å². The van der Waals surface area contributed by atoms with Crippen LogP contribution in [0.3, 0.4) is 0 Å². The van der Waals surface area contributed by atoms with Crippen molar-refractivity contribution in [1.29, 1.82) is 0 Å². The largest absolute Gasteiger partial charge is 0.391 e. The molecule has 0 radical (unpaired) electrons. The maximum atomic E-state index is 13.5. The Labute approximate surface area is 225 Å². The van der Waals surface area contributed by atoms with Gasteiger partial charge in [0.05, 0.1) is 33.1 Å². The van der Waals surface area contributed by atoms with Gasteiger partial charge in [-0.05, 0) is 37.3 Å². The second kappa shape index (κ2) is 11.4. The predicted molar refractivity (Wildman–Crippen MR) is 145 cm³/mol. The lowest BCUT2D eigenvalue weighted by Crippen LogP contribution is -2.58. The molecule has 0 unspecified atom stereocenters. The molecule has 2 heterocycles. The number of alkyl halides is 1. The van der Waals surface area contributed by atoms with Gasteiger partial charge in [0.15, 0.2) is 0 Å². The Morgan fingerprint density at radius 2 is 1.81 bits per heavy atom. The molecule has 0 spiro atoms. The summed E-state index contributed by atoms with van der Waals surface area (Å²) in [6.45, 7) is 11.2. The first-order chi connectivity index (χ1) is 16.8. The van der Waals surface area contributed by atoms with Gasteiger partial charge in [-0.25, -0.2) is 4.98 Å². The number of halogens is 1. The minimum atomic E-state index is -0.842. The number of aliphatic hydroxyl groups excluding tert-OH is 1. The topological polar surface area (TPSA) is 112 Å². The number of aromatic nitrogens is 1. The van der Waals surface area contributed by atoms with Crippen molar-refractivity contribution < 1.29 is 19.5 Å². The third-order valence-electron chi connectivity index (χ3n) is 6.40. The zero-order valence-electron chi connectivity index (χ0n) is 21.5. The van der Waals surface area contributed by atoms with E-state index < -0.39 is 28.4 Å². The highest BCUT2D eigenvalue weighted by Gasteiger charge is 2.44. The quantitative estimate of drug-likeness (QED) is 0.435. The number of carbonyl (C=O) groups excluding carboxylic acids is 3. The lowest BCUT2D eigenvalue weighted by atomic mass is 9.85. The van der Waals surface area contributed by atoms with Crippen molar-refractivity contribution >= 4 is 45.0 Å². The third-order valence-corrected chi connectivity index (χ3v) is 7.80. The molecule has 196 valence electrons. The van der Waals surface area contributed by atoms with Gasteiger partial charge < -0.3 is 20.6 Å². The van der Waals surface area contributed by atoms with Crippen molar-refractivity contribution in [3.63, 3.8) is 0 Å². The maximum Gasteiger partial charge on any atom is 0.246 e.